The van der Waals surface area contributed by atoms with Crippen LogP contribution in [0.4, 0.5) is 5.69 Å². The highest BCUT2D eigenvalue weighted by atomic mass is 32.2. The lowest BCUT2D eigenvalue weighted by atomic mass is 10.1. The number of nitrogens with zero attached hydrogens (tertiary/aromatic N) is 3. The smallest absolute Gasteiger partial charge is 0.304 e. The first-order valence-electron chi connectivity index (χ1n) is 12.0. The molecule has 0 aliphatic carbocycles. The number of hydrogen-bond acceptors (Lipinski definition) is 4. The zero-order chi connectivity index (χ0) is 27.4. The molecular formula is C27H40N4O4S. The summed E-state index contributed by atoms with van der Waals surface area (Å²) < 4.78 is 28.9. The second-order valence-corrected chi connectivity index (χ2v) is 12.6. The largest absolute Gasteiger partial charge is 0.350 e. The van der Waals surface area contributed by atoms with Crippen molar-refractivity contribution in [2.45, 2.75) is 66.6 Å². The molecule has 9 heteroatoms. The van der Waals surface area contributed by atoms with Gasteiger partial charge in [-0.15, -0.1) is 0 Å². The van der Waals surface area contributed by atoms with E-state index in [1.54, 1.807) is 19.9 Å². The van der Waals surface area contributed by atoms with Crippen molar-refractivity contribution in [1.29, 1.82) is 0 Å². The molecule has 0 aliphatic heterocycles. The molecule has 0 radical (unpaired) electrons. The summed E-state index contributed by atoms with van der Waals surface area (Å²) >= 11 is 0. The predicted molar refractivity (Wildman–Crippen MR) is 145 cm³/mol. The molecule has 0 fully saturated rings. The van der Waals surface area contributed by atoms with Crippen molar-refractivity contribution in [3.05, 3.63) is 64.7 Å². The van der Waals surface area contributed by atoms with Crippen LogP contribution in [0.5, 0.6) is 0 Å². The topological polar surface area (TPSA) is 90.0 Å². The molecule has 8 nitrogen and oxygen atoms in total. The van der Waals surface area contributed by atoms with E-state index in [-0.39, 0.29) is 12.5 Å². The van der Waals surface area contributed by atoms with E-state index in [2.05, 4.69) is 5.32 Å². The van der Waals surface area contributed by atoms with E-state index in [9.17, 15) is 18.0 Å². The number of rotatable bonds is 9. The van der Waals surface area contributed by atoms with Crippen LogP contribution < -0.4 is 9.62 Å². The van der Waals surface area contributed by atoms with Gasteiger partial charge in [0.15, 0.2) is 0 Å². The average molecular weight is 517 g/mol. The summed E-state index contributed by atoms with van der Waals surface area (Å²) in [5, 5.41) is 2.93. The number of carbonyl (C=O) groups is 2. The molecule has 2 rings (SSSR count). The molecule has 0 saturated heterocycles. The Labute approximate surface area is 216 Å². The molecule has 1 N–H and O–H groups in total. The predicted octanol–water partition coefficient (Wildman–Crippen LogP) is 3.56. The van der Waals surface area contributed by atoms with E-state index < -0.39 is 34.2 Å². The summed E-state index contributed by atoms with van der Waals surface area (Å²) in [7, 11) is -1.13. The molecule has 36 heavy (non-hydrogen) atoms. The van der Waals surface area contributed by atoms with Gasteiger partial charge in [-0.25, -0.2) is 4.31 Å². The monoisotopic (exact) mass is 516 g/mol. The molecular weight excluding hydrogens is 476 g/mol. The van der Waals surface area contributed by atoms with E-state index >= 15 is 0 Å². The lowest BCUT2D eigenvalue weighted by molar-refractivity contribution is -0.140. The Kier molecular flexibility index (Phi) is 9.31. The lowest BCUT2D eigenvalue weighted by Crippen LogP contribution is -2.55. The van der Waals surface area contributed by atoms with Gasteiger partial charge in [0.05, 0.1) is 5.69 Å². The summed E-state index contributed by atoms with van der Waals surface area (Å²) in [6, 6.07) is 12.4. The second kappa shape index (κ2) is 11.4. The summed E-state index contributed by atoms with van der Waals surface area (Å²) in [4.78, 5) is 28.3. The third-order valence-corrected chi connectivity index (χ3v) is 7.56. The number of amides is 2. The fourth-order valence-electron chi connectivity index (χ4n) is 3.75. The first-order valence-corrected chi connectivity index (χ1v) is 13.4. The first kappa shape index (κ1) is 29.3. The number of carbonyl (C=O) groups excluding carboxylic acids is 2. The van der Waals surface area contributed by atoms with Crippen LogP contribution in [0.3, 0.4) is 0 Å². The number of benzene rings is 2. The maximum atomic E-state index is 13.8. The van der Waals surface area contributed by atoms with Gasteiger partial charge in [-0.1, -0.05) is 42.0 Å². The van der Waals surface area contributed by atoms with Crippen molar-refractivity contribution in [3.63, 3.8) is 0 Å². The van der Waals surface area contributed by atoms with Gasteiger partial charge >= 0.3 is 10.2 Å². The molecule has 2 aromatic carbocycles. The van der Waals surface area contributed by atoms with Gasteiger partial charge in [-0.2, -0.15) is 12.7 Å². The van der Waals surface area contributed by atoms with Gasteiger partial charge in [0.25, 0.3) is 0 Å². The van der Waals surface area contributed by atoms with Gasteiger partial charge in [0.2, 0.25) is 11.8 Å². The molecule has 0 saturated carbocycles. The first-order chi connectivity index (χ1) is 16.5. The fraction of sp³-hybridized carbons (Fsp3) is 0.481. The molecule has 0 heterocycles. The highest BCUT2D eigenvalue weighted by Gasteiger charge is 2.34. The molecule has 198 valence electrons. The standard InChI is InChI=1S/C27H40N4O4S/c1-19-11-10-12-23(15-19)17-30(22(4)26(33)28-27(5,6)7)25(32)18-31(36(34,35)29(8)9)24-16-20(2)13-14-21(24)3/h10-16,22H,17-18H2,1-9H3,(H,28,33)/t22-/m0/s1. The van der Waals surface area contributed by atoms with E-state index in [0.717, 1.165) is 30.9 Å². The third-order valence-electron chi connectivity index (χ3n) is 5.75. The summed E-state index contributed by atoms with van der Waals surface area (Å²) in [6.07, 6.45) is 0. The summed E-state index contributed by atoms with van der Waals surface area (Å²) in [5.74, 6) is -0.781. The Balaban J connectivity index is 2.53. The number of hydrogen-bond donors (Lipinski definition) is 1. The molecule has 2 amide bonds. The minimum atomic E-state index is -4.00. The minimum Gasteiger partial charge on any atom is -0.350 e. The number of aryl methyl sites for hydroxylation is 3. The Morgan fingerprint density at radius 2 is 1.58 bits per heavy atom. The van der Waals surface area contributed by atoms with E-state index in [0.29, 0.717) is 5.69 Å². The summed E-state index contributed by atoms with van der Waals surface area (Å²) in [6.45, 7) is 12.6. The van der Waals surface area contributed by atoms with E-state index in [1.807, 2.05) is 71.0 Å². The zero-order valence-corrected chi connectivity index (χ0v) is 23.7. The van der Waals surface area contributed by atoms with Crippen LogP contribution in [-0.2, 0) is 26.3 Å². The quantitative estimate of drug-likeness (QED) is 0.552. The van der Waals surface area contributed by atoms with Gasteiger partial charge in [0, 0.05) is 26.2 Å². The Hall–Kier alpha value is -2.91. The molecule has 1 atom stereocenters. The van der Waals surface area contributed by atoms with E-state index in [4.69, 9.17) is 0 Å². The molecule has 0 bridgehead atoms. The van der Waals surface area contributed by atoms with Crippen LogP contribution in [0.2, 0.25) is 0 Å². The second-order valence-electron chi connectivity index (χ2n) is 10.5. The minimum absolute atomic E-state index is 0.169. The van der Waals surface area contributed by atoms with E-state index in [1.165, 1.54) is 19.0 Å². The van der Waals surface area contributed by atoms with Gasteiger partial charge in [-0.05, 0) is 71.2 Å². The Bertz CT molecular complexity index is 1200. The Morgan fingerprint density at radius 1 is 0.972 bits per heavy atom. The highest BCUT2D eigenvalue weighted by Crippen LogP contribution is 2.26. The van der Waals surface area contributed by atoms with Crippen LogP contribution in [0.25, 0.3) is 0 Å². The van der Waals surface area contributed by atoms with Gasteiger partial charge in [-0.3, -0.25) is 9.59 Å². The van der Waals surface area contributed by atoms with Gasteiger partial charge < -0.3 is 10.2 Å². The lowest BCUT2D eigenvalue weighted by Gasteiger charge is -2.34. The zero-order valence-electron chi connectivity index (χ0n) is 22.9. The van der Waals surface area contributed by atoms with Crippen LogP contribution in [-0.4, -0.2) is 61.7 Å². The molecule has 2 aromatic rings. The Morgan fingerprint density at radius 3 is 2.14 bits per heavy atom. The molecule has 0 aromatic heterocycles. The normalized spacial score (nSPS) is 12.8. The van der Waals surface area contributed by atoms with Crippen molar-refractivity contribution >= 4 is 27.7 Å². The van der Waals surface area contributed by atoms with Crippen molar-refractivity contribution in [3.8, 4) is 0 Å². The van der Waals surface area contributed by atoms with Crippen molar-refractivity contribution in [2.75, 3.05) is 24.9 Å². The van der Waals surface area contributed by atoms with Gasteiger partial charge in [0.1, 0.15) is 12.6 Å². The summed E-state index contributed by atoms with van der Waals surface area (Å²) in [5.41, 5.74) is 3.42. The maximum Gasteiger partial charge on any atom is 0.304 e. The van der Waals surface area contributed by atoms with Crippen molar-refractivity contribution < 1.29 is 18.0 Å². The third kappa shape index (κ3) is 7.54. The van der Waals surface area contributed by atoms with Crippen LogP contribution in [0.15, 0.2) is 42.5 Å². The average Bonchev–Trinajstić information content (AvgIpc) is 2.75. The molecule has 0 unspecified atom stereocenters. The number of nitrogens with one attached hydrogen (secondary N) is 1. The van der Waals surface area contributed by atoms with Crippen molar-refractivity contribution in [2.24, 2.45) is 0 Å². The van der Waals surface area contributed by atoms with Crippen molar-refractivity contribution in [1.82, 2.24) is 14.5 Å². The molecule has 0 spiro atoms. The maximum absolute atomic E-state index is 13.8. The SMILES string of the molecule is Cc1cccc(CN(C(=O)CN(c2cc(C)ccc2C)S(=O)(=O)N(C)C)[C@@H](C)C(=O)NC(C)(C)C)c1. The molecule has 0 aliphatic rings. The number of anilines is 1. The fourth-order valence-corrected chi connectivity index (χ4v) is 4.87. The van der Waals surface area contributed by atoms with Crippen LogP contribution >= 0.6 is 0 Å². The van der Waals surface area contributed by atoms with Crippen LogP contribution in [0, 0.1) is 20.8 Å². The highest BCUT2D eigenvalue weighted by molar-refractivity contribution is 7.90. The van der Waals surface area contributed by atoms with Crippen LogP contribution in [0.1, 0.15) is 49.9 Å².